The average molecular weight is 270 g/mol. The lowest BCUT2D eigenvalue weighted by atomic mass is 9.86. The first kappa shape index (κ1) is 12.2. The summed E-state index contributed by atoms with van der Waals surface area (Å²) in [5.41, 5.74) is 0.963. The second-order valence-corrected chi connectivity index (χ2v) is 5.23. The van der Waals surface area contributed by atoms with Crippen LogP contribution in [0.3, 0.4) is 0 Å². The summed E-state index contributed by atoms with van der Waals surface area (Å²) in [6.45, 7) is 5.75. The van der Waals surface area contributed by atoms with Gasteiger partial charge in [0.1, 0.15) is 11.4 Å². The molecule has 0 aliphatic carbocycles. The van der Waals surface area contributed by atoms with Crippen LogP contribution in [-0.4, -0.2) is 13.3 Å². The van der Waals surface area contributed by atoms with Crippen LogP contribution in [-0.2, 0) is 0 Å². The summed E-state index contributed by atoms with van der Waals surface area (Å²) in [5.74, 6) is 0.509. The number of nitroso groups, excluding NO2 is 1. The normalized spacial score (nSPS) is 11.2. The Morgan fingerprint density at radius 3 is 2.53 bits per heavy atom. The minimum atomic E-state index is -0.339. The molecule has 0 fully saturated rings. The molecule has 0 spiro atoms. The van der Waals surface area contributed by atoms with Crippen molar-refractivity contribution in [1.29, 1.82) is 0 Å². The summed E-state index contributed by atoms with van der Waals surface area (Å²) in [5, 5.41) is 2.96. The van der Waals surface area contributed by atoms with Crippen molar-refractivity contribution >= 4 is 29.5 Å². The molecule has 3 nitrogen and oxygen atoms in total. The zero-order valence-corrected chi connectivity index (χ0v) is 10.9. The third-order valence-corrected chi connectivity index (χ3v) is 2.61. The number of benzene rings is 1. The van der Waals surface area contributed by atoms with E-state index in [1.807, 2.05) is 28.6 Å². The van der Waals surface area contributed by atoms with Gasteiger partial charge < -0.3 is 4.74 Å². The van der Waals surface area contributed by atoms with Crippen molar-refractivity contribution in [2.24, 2.45) is 5.18 Å². The highest BCUT2D eigenvalue weighted by atomic mass is 79.9. The van der Waals surface area contributed by atoms with Crippen molar-refractivity contribution in [3.05, 3.63) is 27.1 Å². The van der Waals surface area contributed by atoms with Crippen molar-refractivity contribution in [2.75, 3.05) is 0 Å². The minimum absolute atomic E-state index is 0.339. The third kappa shape index (κ3) is 3.34. The maximum Gasteiger partial charge on any atom is 0.158 e. The van der Waals surface area contributed by atoms with Gasteiger partial charge in [0.2, 0.25) is 0 Å². The second kappa shape index (κ2) is 4.35. The Morgan fingerprint density at radius 2 is 2.07 bits per heavy atom. The van der Waals surface area contributed by atoms with Gasteiger partial charge in [-0.25, -0.2) is 0 Å². The van der Waals surface area contributed by atoms with E-state index in [9.17, 15) is 4.91 Å². The molecule has 0 heterocycles. The van der Waals surface area contributed by atoms with E-state index in [2.05, 4.69) is 21.1 Å². The predicted molar refractivity (Wildman–Crippen MR) is 67.6 cm³/mol. The molecule has 1 aromatic carbocycles. The molecule has 0 N–H and O–H groups in total. The number of rotatable bonds is 3. The van der Waals surface area contributed by atoms with Crippen LogP contribution in [0.1, 0.15) is 19.4 Å². The molecule has 1 rings (SSSR count). The fourth-order valence-corrected chi connectivity index (χ4v) is 1.45. The summed E-state index contributed by atoms with van der Waals surface area (Å²) in [4.78, 5) is 10.6. The van der Waals surface area contributed by atoms with Crippen LogP contribution < -0.4 is 4.74 Å². The lowest BCUT2D eigenvalue weighted by Gasteiger charge is -2.22. The van der Waals surface area contributed by atoms with Crippen LogP contribution in [0.25, 0.3) is 0 Å². The van der Waals surface area contributed by atoms with Gasteiger partial charge in [-0.3, -0.25) is 0 Å². The molecule has 5 heteroatoms. The molecular formula is C10H13BBrNO2. The van der Waals surface area contributed by atoms with Crippen LogP contribution in [0.5, 0.6) is 5.75 Å². The van der Waals surface area contributed by atoms with Crippen molar-refractivity contribution < 1.29 is 4.74 Å². The maximum atomic E-state index is 10.6. The van der Waals surface area contributed by atoms with Gasteiger partial charge in [-0.05, 0) is 43.6 Å². The standard InChI is InChI=1S/C10H13BBrNO2/c1-6-4-8(13-14)9(5-7(6)12)15-10(2,3)11/h4-5H,11H2,1-3H3. The van der Waals surface area contributed by atoms with E-state index < -0.39 is 0 Å². The van der Waals surface area contributed by atoms with Gasteiger partial charge in [0.25, 0.3) is 0 Å². The summed E-state index contributed by atoms with van der Waals surface area (Å²) in [6.07, 6.45) is 0. The number of hydrogen-bond acceptors (Lipinski definition) is 3. The van der Waals surface area contributed by atoms with E-state index in [1.165, 1.54) is 0 Å². The molecule has 0 aliphatic rings. The van der Waals surface area contributed by atoms with Crippen molar-refractivity contribution in [1.82, 2.24) is 0 Å². The van der Waals surface area contributed by atoms with E-state index in [0.29, 0.717) is 11.4 Å². The Balaban J connectivity index is 3.16. The highest BCUT2D eigenvalue weighted by molar-refractivity contribution is 9.10. The van der Waals surface area contributed by atoms with E-state index in [0.717, 1.165) is 10.0 Å². The van der Waals surface area contributed by atoms with Gasteiger partial charge in [0.05, 0.1) is 5.50 Å². The Morgan fingerprint density at radius 1 is 1.47 bits per heavy atom. The van der Waals surface area contributed by atoms with E-state index >= 15 is 0 Å². The Kier molecular flexibility index (Phi) is 3.55. The average Bonchev–Trinajstić information content (AvgIpc) is 2.08. The summed E-state index contributed by atoms with van der Waals surface area (Å²) >= 11 is 3.39. The third-order valence-electron chi connectivity index (χ3n) is 1.75. The summed E-state index contributed by atoms with van der Waals surface area (Å²) < 4.78 is 6.55. The van der Waals surface area contributed by atoms with Gasteiger partial charge >= 0.3 is 0 Å². The number of nitrogens with zero attached hydrogens (tertiary/aromatic N) is 1. The number of hydrogen-bond donors (Lipinski definition) is 0. The SMILES string of the molecule is BC(C)(C)Oc1cc(Br)c(C)cc1N=O. The van der Waals surface area contributed by atoms with Crippen molar-refractivity contribution in [3.63, 3.8) is 0 Å². The highest BCUT2D eigenvalue weighted by Gasteiger charge is 2.16. The van der Waals surface area contributed by atoms with Crippen LogP contribution in [0, 0.1) is 11.8 Å². The molecule has 0 radical (unpaired) electrons. The Labute approximate surface area is 98.7 Å². The molecule has 0 saturated carbocycles. The molecule has 0 amide bonds. The molecule has 80 valence electrons. The predicted octanol–water partition coefficient (Wildman–Crippen LogP) is 2.90. The van der Waals surface area contributed by atoms with E-state index in [1.54, 1.807) is 12.1 Å². The lowest BCUT2D eigenvalue weighted by Crippen LogP contribution is -2.28. The van der Waals surface area contributed by atoms with E-state index in [-0.39, 0.29) is 5.50 Å². The summed E-state index contributed by atoms with van der Waals surface area (Å²) in [6, 6.07) is 3.48. The Bertz CT molecular complexity index is 388. The van der Waals surface area contributed by atoms with Crippen LogP contribution in [0.4, 0.5) is 5.69 Å². The zero-order valence-electron chi connectivity index (χ0n) is 9.30. The molecule has 0 atom stereocenters. The highest BCUT2D eigenvalue weighted by Crippen LogP contribution is 2.34. The van der Waals surface area contributed by atoms with Gasteiger partial charge in [-0.1, -0.05) is 15.9 Å². The topological polar surface area (TPSA) is 38.7 Å². The zero-order chi connectivity index (χ0) is 11.6. The number of ether oxygens (including phenoxy) is 1. The lowest BCUT2D eigenvalue weighted by molar-refractivity contribution is 0.199. The first-order valence-electron chi connectivity index (χ1n) is 4.66. The second-order valence-electron chi connectivity index (χ2n) is 4.37. The maximum absolute atomic E-state index is 10.6. The van der Waals surface area contributed by atoms with Crippen LogP contribution in [0.15, 0.2) is 21.8 Å². The first-order chi connectivity index (χ1) is 6.83. The quantitative estimate of drug-likeness (QED) is 0.625. The van der Waals surface area contributed by atoms with E-state index in [4.69, 9.17) is 4.74 Å². The van der Waals surface area contributed by atoms with Gasteiger partial charge in [-0.15, -0.1) is 4.91 Å². The molecule has 0 saturated heterocycles. The fraction of sp³-hybridized carbons (Fsp3) is 0.400. The van der Waals surface area contributed by atoms with Gasteiger partial charge in [-0.2, -0.15) is 0 Å². The molecule has 0 bridgehead atoms. The molecule has 15 heavy (non-hydrogen) atoms. The Hall–Kier alpha value is -0.835. The summed E-state index contributed by atoms with van der Waals surface area (Å²) in [7, 11) is 1.93. The van der Waals surface area contributed by atoms with Crippen molar-refractivity contribution in [3.8, 4) is 5.75 Å². The monoisotopic (exact) mass is 269 g/mol. The minimum Gasteiger partial charge on any atom is -0.495 e. The van der Waals surface area contributed by atoms with Crippen molar-refractivity contribution in [2.45, 2.75) is 26.3 Å². The number of halogens is 1. The molecule has 1 aromatic rings. The molecule has 0 aliphatic heterocycles. The molecular weight excluding hydrogens is 257 g/mol. The molecule has 0 unspecified atom stereocenters. The number of aryl methyl sites for hydroxylation is 1. The smallest absolute Gasteiger partial charge is 0.158 e. The van der Waals surface area contributed by atoms with Gasteiger partial charge in [0, 0.05) is 4.47 Å². The van der Waals surface area contributed by atoms with Gasteiger partial charge in [0.15, 0.2) is 7.85 Å². The van der Waals surface area contributed by atoms with Crippen LogP contribution >= 0.6 is 15.9 Å². The fourth-order valence-electron chi connectivity index (χ4n) is 1.13. The largest absolute Gasteiger partial charge is 0.495 e. The van der Waals surface area contributed by atoms with Crippen LogP contribution in [0.2, 0.25) is 0 Å². The molecule has 0 aromatic heterocycles. The first-order valence-corrected chi connectivity index (χ1v) is 5.45.